The molecule has 22 heavy (non-hydrogen) atoms. The first-order valence-corrected chi connectivity index (χ1v) is 9.06. The average Bonchev–Trinajstić information content (AvgIpc) is 3.26. The maximum Gasteiger partial charge on any atom is 0.288 e. The quantitative estimate of drug-likeness (QED) is 0.929. The van der Waals surface area contributed by atoms with Crippen LogP contribution in [0.25, 0.3) is 0 Å². The molecule has 0 radical (unpaired) electrons. The molecule has 6 rings (SSSR count). The summed E-state index contributed by atoms with van der Waals surface area (Å²) in [5.41, 5.74) is 0.581. The van der Waals surface area contributed by atoms with Crippen LogP contribution in [0.15, 0.2) is 11.0 Å². The largest absolute Gasteiger partial charge is 0.380 e. The Labute approximate surface area is 135 Å². The van der Waals surface area contributed by atoms with Gasteiger partial charge in [0.1, 0.15) is 5.02 Å². The number of anilines is 1. The van der Waals surface area contributed by atoms with Crippen molar-refractivity contribution in [3.63, 3.8) is 0 Å². The smallest absolute Gasteiger partial charge is 0.288 e. The fraction of sp³-hybridized carbons (Fsp3) is 0.765. The molecular weight excluding hydrogens is 298 g/mol. The predicted molar refractivity (Wildman–Crippen MR) is 86.3 cm³/mol. The van der Waals surface area contributed by atoms with Crippen molar-refractivity contribution in [2.24, 2.45) is 17.8 Å². The lowest BCUT2D eigenvalue weighted by Crippen LogP contribution is -2.55. The van der Waals surface area contributed by atoms with Crippen LogP contribution in [0.5, 0.6) is 0 Å². The van der Waals surface area contributed by atoms with Crippen molar-refractivity contribution < 1.29 is 0 Å². The van der Waals surface area contributed by atoms with Crippen LogP contribution in [0.4, 0.5) is 5.69 Å². The molecule has 0 atom stereocenters. The molecule has 0 aromatic carbocycles. The van der Waals surface area contributed by atoms with Crippen LogP contribution in [-0.2, 0) is 5.54 Å². The first kappa shape index (κ1) is 13.4. The predicted octanol–water partition coefficient (Wildman–Crippen LogP) is 3.40. The Morgan fingerprint density at radius 1 is 1.14 bits per heavy atom. The SMILES string of the molecule is O=c1c(Cl)c(NC2CC2)cnn1C12CC3CC(CC(C3)C1)C2. The third-order valence-electron chi connectivity index (χ3n) is 6.31. The van der Waals surface area contributed by atoms with Crippen molar-refractivity contribution in [3.05, 3.63) is 21.6 Å². The van der Waals surface area contributed by atoms with Crippen LogP contribution >= 0.6 is 11.6 Å². The molecular formula is C17H22ClN3O. The monoisotopic (exact) mass is 319 g/mol. The highest BCUT2D eigenvalue weighted by atomic mass is 35.5. The molecule has 0 saturated heterocycles. The zero-order chi connectivity index (χ0) is 14.9. The molecule has 1 aromatic heterocycles. The summed E-state index contributed by atoms with van der Waals surface area (Å²) in [5.74, 6) is 2.38. The summed E-state index contributed by atoms with van der Waals surface area (Å²) in [7, 11) is 0. The first-order chi connectivity index (χ1) is 10.6. The molecule has 0 spiro atoms. The molecule has 5 fully saturated rings. The zero-order valence-corrected chi connectivity index (χ0v) is 13.5. The van der Waals surface area contributed by atoms with Crippen LogP contribution in [0.2, 0.25) is 5.02 Å². The Bertz CT molecular complexity index is 644. The van der Waals surface area contributed by atoms with E-state index in [0.717, 1.165) is 55.5 Å². The molecule has 5 aliphatic carbocycles. The normalized spacial score (nSPS) is 39.2. The van der Waals surface area contributed by atoms with Crippen molar-refractivity contribution in [1.82, 2.24) is 9.78 Å². The summed E-state index contributed by atoms with van der Waals surface area (Å²) in [6.45, 7) is 0. The number of nitrogens with zero attached hydrogens (tertiary/aromatic N) is 2. The minimum Gasteiger partial charge on any atom is -0.380 e. The van der Waals surface area contributed by atoms with Gasteiger partial charge in [-0.25, -0.2) is 4.68 Å². The molecule has 0 unspecified atom stereocenters. The van der Waals surface area contributed by atoms with E-state index in [1.165, 1.54) is 19.3 Å². The molecule has 4 nitrogen and oxygen atoms in total. The highest BCUT2D eigenvalue weighted by Gasteiger charge is 2.53. The maximum absolute atomic E-state index is 12.8. The summed E-state index contributed by atoms with van der Waals surface area (Å²) in [5, 5.41) is 8.22. The third kappa shape index (κ3) is 1.96. The Hall–Kier alpha value is -1.03. The van der Waals surface area contributed by atoms with Gasteiger partial charge in [-0.05, 0) is 69.1 Å². The molecule has 5 saturated carbocycles. The van der Waals surface area contributed by atoms with E-state index in [4.69, 9.17) is 11.6 Å². The van der Waals surface area contributed by atoms with E-state index in [9.17, 15) is 4.79 Å². The fourth-order valence-corrected chi connectivity index (χ4v) is 5.83. The number of hydrogen-bond donors (Lipinski definition) is 1. The maximum atomic E-state index is 12.8. The number of halogens is 1. The summed E-state index contributed by atoms with van der Waals surface area (Å²) in [4.78, 5) is 12.8. The molecule has 1 N–H and O–H groups in total. The van der Waals surface area contributed by atoms with Crippen LogP contribution in [-0.4, -0.2) is 15.8 Å². The standard InChI is InChI=1S/C17H22ClN3O/c18-15-14(20-13-1-2-13)9-19-21(16(15)22)17-6-10-3-11(7-17)5-12(4-10)8-17/h9-13,20H,1-8H2. The van der Waals surface area contributed by atoms with Gasteiger partial charge in [0.2, 0.25) is 0 Å². The van der Waals surface area contributed by atoms with Gasteiger partial charge < -0.3 is 5.32 Å². The second-order valence-corrected chi connectivity index (χ2v) is 8.53. The van der Waals surface area contributed by atoms with Gasteiger partial charge in [-0.2, -0.15) is 5.10 Å². The average molecular weight is 320 g/mol. The summed E-state index contributed by atoms with van der Waals surface area (Å²) in [6.07, 6.45) is 11.6. The second kappa shape index (κ2) is 4.50. The lowest BCUT2D eigenvalue weighted by Gasteiger charge is -2.56. The Kier molecular flexibility index (Phi) is 2.74. The minimum absolute atomic E-state index is 0.0480. The van der Waals surface area contributed by atoms with Crippen LogP contribution in [0.3, 0.4) is 0 Å². The lowest BCUT2D eigenvalue weighted by atomic mass is 9.53. The number of hydrogen-bond acceptors (Lipinski definition) is 3. The molecule has 5 aliphatic rings. The van der Waals surface area contributed by atoms with Gasteiger partial charge in [-0.3, -0.25) is 4.79 Å². The topological polar surface area (TPSA) is 46.9 Å². The molecule has 1 aromatic rings. The number of nitrogens with one attached hydrogen (secondary N) is 1. The van der Waals surface area contributed by atoms with Gasteiger partial charge in [-0.15, -0.1) is 0 Å². The Morgan fingerprint density at radius 2 is 1.73 bits per heavy atom. The second-order valence-electron chi connectivity index (χ2n) is 8.15. The van der Waals surface area contributed by atoms with E-state index >= 15 is 0 Å². The zero-order valence-electron chi connectivity index (χ0n) is 12.7. The highest BCUT2D eigenvalue weighted by Crippen LogP contribution is 2.58. The van der Waals surface area contributed by atoms with Gasteiger partial charge in [-0.1, -0.05) is 11.6 Å². The van der Waals surface area contributed by atoms with Gasteiger partial charge >= 0.3 is 0 Å². The summed E-state index contributed by atoms with van der Waals surface area (Å²) >= 11 is 6.37. The van der Waals surface area contributed by atoms with Gasteiger partial charge in [0.15, 0.2) is 0 Å². The van der Waals surface area contributed by atoms with Gasteiger partial charge in [0, 0.05) is 6.04 Å². The van der Waals surface area contributed by atoms with Crippen molar-refractivity contribution in [2.45, 2.75) is 62.9 Å². The summed E-state index contributed by atoms with van der Waals surface area (Å²) < 4.78 is 1.76. The first-order valence-electron chi connectivity index (χ1n) is 8.68. The highest BCUT2D eigenvalue weighted by molar-refractivity contribution is 6.32. The third-order valence-corrected chi connectivity index (χ3v) is 6.68. The number of rotatable bonds is 3. The van der Waals surface area contributed by atoms with Crippen molar-refractivity contribution >= 4 is 17.3 Å². The van der Waals surface area contributed by atoms with Crippen LogP contribution in [0.1, 0.15) is 51.4 Å². The van der Waals surface area contributed by atoms with E-state index in [0.29, 0.717) is 11.1 Å². The molecule has 118 valence electrons. The molecule has 4 bridgehead atoms. The van der Waals surface area contributed by atoms with Crippen LogP contribution in [0, 0.1) is 17.8 Å². The van der Waals surface area contributed by atoms with E-state index < -0.39 is 0 Å². The molecule has 0 amide bonds. The molecule has 1 heterocycles. The van der Waals surface area contributed by atoms with Gasteiger partial charge in [0.25, 0.3) is 5.56 Å². The van der Waals surface area contributed by atoms with Crippen LogP contribution < -0.4 is 10.9 Å². The van der Waals surface area contributed by atoms with Crippen molar-refractivity contribution in [1.29, 1.82) is 0 Å². The number of aromatic nitrogens is 2. The Morgan fingerprint density at radius 3 is 2.27 bits per heavy atom. The van der Waals surface area contributed by atoms with E-state index in [-0.39, 0.29) is 11.1 Å². The van der Waals surface area contributed by atoms with E-state index in [1.54, 1.807) is 10.9 Å². The van der Waals surface area contributed by atoms with Crippen molar-refractivity contribution in [2.75, 3.05) is 5.32 Å². The van der Waals surface area contributed by atoms with Crippen molar-refractivity contribution in [3.8, 4) is 0 Å². The molecule has 5 heteroatoms. The van der Waals surface area contributed by atoms with E-state index in [1.807, 2.05) is 0 Å². The lowest BCUT2D eigenvalue weighted by molar-refractivity contribution is -0.0518. The fourth-order valence-electron chi connectivity index (χ4n) is 5.64. The summed E-state index contributed by atoms with van der Waals surface area (Å²) in [6, 6.07) is 0.481. The van der Waals surface area contributed by atoms with E-state index in [2.05, 4.69) is 10.4 Å². The Balaban J connectivity index is 1.55. The van der Waals surface area contributed by atoms with Gasteiger partial charge in [0.05, 0.1) is 17.4 Å². The minimum atomic E-state index is -0.0886. The molecule has 0 aliphatic heterocycles.